The molecule has 0 unspecified atom stereocenters. The molecule has 0 radical (unpaired) electrons. The largest absolute Gasteiger partial charge is 0.497 e. The zero-order valence-corrected chi connectivity index (χ0v) is 14.7. The fourth-order valence-electron chi connectivity index (χ4n) is 2.63. The summed E-state index contributed by atoms with van der Waals surface area (Å²) in [5, 5.41) is 1.15. The molecule has 0 bridgehead atoms. The van der Waals surface area contributed by atoms with Crippen LogP contribution in [0.25, 0.3) is 11.3 Å². The zero-order chi connectivity index (χ0) is 17.1. The summed E-state index contributed by atoms with van der Waals surface area (Å²) >= 11 is 12.3. The van der Waals surface area contributed by atoms with Crippen molar-refractivity contribution in [2.75, 3.05) is 7.11 Å². The topological polar surface area (TPSA) is 53.1 Å². The van der Waals surface area contributed by atoms with E-state index in [1.165, 1.54) is 0 Å². The third kappa shape index (κ3) is 3.41. The number of hydrogen-bond acceptors (Lipinski definition) is 3. The Hall–Kier alpha value is -2.01. The molecule has 3 rings (SSSR count). The van der Waals surface area contributed by atoms with Gasteiger partial charge in [-0.3, -0.25) is 0 Å². The average molecular weight is 362 g/mol. The van der Waals surface area contributed by atoms with E-state index in [0.29, 0.717) is 23.1 Å². The first kappa shape index (κ1) is 16.8. The Morgan fingerprint density at radius 1 is 1.17 bits per heavy atom. The summed E-state index contributed by atoms with van der Waals surface area (Å²) in [6.07, 6.45) is 1.78. The Kier molecular flexibility index (Phi) is 5.09. The van der Waals surface area contributed by atoms with Crippen molar-refractivity contribution in [1.82, 2.24) is 9.55 Å². The average Bonchev–Trinajstić information content (AvgIpc) is 2.97. The number of nitrogens with zero attached hydrogens (tertiary/aromatic N) is 2. The fourth-order valence-corrected chi connectivity index (χ4v) is 3.13. The van der Waals surface area contributed by atoms with E-state index in [1.807, 2.05) is 34.9 Å². The lowest BCUT2D eigenvalue weighted by molar-refractivity contribution is 0.414. The Bertz CT molecular complexity index is 861. The van der Waals surface area contributed by atoms with Gasteiger partial charge < -0.3 is 15.0 Å². The minimum atomic E-state index is 0.359. The molecule has 124 valence electrons. The zero-order valence-electron chi connectivity index (χ0n) is 13.2. The van der Waals surface area contributed by atoms with Crippen molar-refractivity contribution in [1.29, 1.82) is 0 Å². The first-order valence-corrected chi connectivity index (χ1v) is 8.20. The number of ether oxygens (including phenoxy) is 1. The molecular formula is C18H17Cl2N3O. The minimum absolute atomic E-state index is 0.359. The summed E-state index contributed by atoms with van der Waals surface area (Å²) in [6.45, 7) is 1.01. The van der Waals surface area contributed by atoms with Gasteiger partial charge in [0.25, 0.3) is 0 Å². The number of imidazole rings is 1. The number of benzene rings is 2. The Labute approximate surface area is 150 Å². The minimum Gasteiger partial charge on any atom is -0.497 e. The molecule has 24 heavy (non-hydrogen) atoms. The van der Waals surface area contributed by atoms with Crippen LogP contribution in [0.5, 0.6) is 5.75 Å². The van der Waals surface area contributed by atoms with Gasteiger partial charge in [0, 0.05) is 23.7 Å². The first-order valence-electron chi connectivity index (χ1n) is 7.44. The third-order valence-electron chi connectivity index (χ3n) is 3.81. The molecule has 0 fully saturated rings. The van der Waals surface area contributed by atoms with Crippen LogP contribution in [-0.2, 0) is 13.1 Å². The van der Waals surface area contributed by atoms with Crippen LogP contribution in [0.1, 0.15) is 11.3 Å². The van der Waals surface area contributed by atoms with E-state index in [9.17, 15) is 0 Å². The van der Waals surface area contributed by atoms with Crippen LogP contribution in [0.15, 0.2) is 48.8 Å². The molecule has 6 heteroatoms. The Balaban J connectivity index is 1.97. The summed E-state index contributed by atoms with van der Waals surface area (Å²) in [4.78, 5) is 4.51. The van der Waals surface area contributed by atoms with E-state index in [1.54, 1.807) is 25.6 Å². The van der Waals surface area contributed by atoms with Crippen molar-refractivity contribution in [3.63, 3.8) is 0 Å². The van der Waals surface area contributed by atoms with E-state index < -0.39 is 0 Å². The highest BCUT2D eigenvalue weighted by atomic mass is 35.5. The maximum Gasteiger partial charge on any atom is 0.119 e. The van der Waals surface area contributed by atoms with Crippen LogP contribution in [-0.4, -0.2) is 16.7 Å². The number of methoxy groups -OCH3 is 1. The van der Waals surface area contributed by atoms with Gasteiger partial charge >= 0.3 is 0 Å². The second-order valence-corrected chi connectivity index (χ2v) is 6.19. The quantitative estimate of drug-likeness (QED) is 0.733. The Morgan fingerprint density at radius 2 is 2.00 bits per heavy atom. The molecule has 1 aromatic heterocycles. The van der Waals surface area contributed by atoms with Crippen molar-refractivity contribution in [3.05, 3.63) is 70.1 Å². The lowest BCUT2D eigenvalue weighted by atomic mass is 10.1. The maximum atomic E-state index is 6.31. The number of halogens is 2. The molecule has 0 aliphatic heterocycles. The smallest absolute Gasteiger partial charge is 0.119 e. The van der Waals surface area contributed by atoms with Crippen molar-refractivity contribution in [2.45, 2.75) is 13.1 Å². The van der Waals surface area contributed by atoms with Gasteiger partial charge in [0.2, 0.25) is 0 Å². The van der Waals surface area contributed by atoms with Gasteiger partial charge in [-0.15, -0.1) is 0 Å². The van der Waals surface area contributed by atoms with Gasteiger partial charge in [-0.05, 0) is 35.9 Å². The predicted molar refractivity (Wildman–Crippen MR) is 97.7 cm³/mol. The number of aromatic nitrogens is 2. The molecule has 2 aromatic carbocycles. The molecule has 2 N–H and O–H groups in total. The predicted octanol–water partition coefficient (Wildman–Crippen LogP) is 4.37. The highest BCUT2D eigenvalue weighted by Crippen LogP contribution is 2.31. The molecule has 0 aliphatic rings. The lowest BCUT2D eigenvalue weighted by Crippen LogP contribution is -2.08. The molecule has 0 saturated carbocycles. The van der Waals surface area contributed by atoms with Gasteiger partial charge in [-0.1, -0.05) is 35.3 Å². The lowest BCUT2D eigenvalue weighted by Gasteiger charge is -2.10. The molecule has 0 amide bonds. The molecule has 1 heterocycles. The summed E-state index contributed by atoms with van der Waals surface area (Å²) in [5.41, 5.74) is 9.60. The highest BCUT2D eigenvalue weighted by Gasteiger charge is 2.15. The van der Waals surface area contributed by atoms with Gasteiger partial charge in [0.15, 0.2) is 0 Å². The first-order chi connectivity index (χ1) is 11.6. The van der Waals surface area contributed by atoms with E-state index in [-0.39, 0.29) is 0 Å². The van der Waals surface area contributed by atoms with Crippen LogP contribution in [0, 0.1) is 0 Å². The monoisotopic (exact) mass is 361 g/mol. The van der Waals surface area contributed by atoms with Crippen molar-refractivity contribution >= 4 is 23.2 Å². The van der Waals surface area contributed by atoms with Gasteiger partial charge in [0.05, 0.1) is 29.8 Å². The van der Waals surface area contributed by atoms with Gasteiger partial charge in [-0.2, -0.15) is 0 Å². The van der Waals surface area contributed by atoms with Crippen molar-refractivity contribution in [2.24, 2.45) is 5.73 Å². The highest BCUT2D eigenvalue weighted by molar-refractivity contribution is 6.36. The SMILES string of the molecule is COc1cccc(Cn2cnc(-c3ccc(Cl)cc3Cl)c2CN)c1. The van der Waals surface area contributed by atoms with Gasteiger partial charge in [0.1, 0.15) is 5.75 Å². The van der Waals surface area contributed by atoms with E-state index in [4.69, 9.17) is 33.7 Å². The molecule has 4 nitrogen and oxygen atoms in total. The molecule has 0 atom stereocenters. The molecule has 3 aromatic rings. The summed E-state index contributed by atoms with van der Waals surface area (Å²) in [7, 11) is 1.66. The summed E-state index contributed by atoms with van der Waals surface area (Å²) < 4.78 is 7.29. The van der Waals surface area contributed by atoms with Crippen LogP contribution in [0.3, 0.4) is 0 Å². The maximum absolute atomic E-state index is 6.31. The summed E-state index contributed by atoms with van der Waals surface area (Å²) in [6, 6.07) is 13.3. The number of rotatable bonds is 5. The van der Waals surface area contributed by atoms with Crippen LogP contribution in [0.4, 0.5) is 0 Å². The van der Waals surface area contributed by atoms with Crippen molar-refractivity contribution < 1.29 is 4.74 Å². The van der Waals surface area contributed by atoms with Crippen LogP contribution in [0.2, 0.25) is 10.0 Å². The number of hydrogen-bond donors (Lipinski definition) is 1. The molecule has 0 spiro atoms. The standard InChI is InChI=1S/C18H17Cl2N3O/c1-24-14-4-2-3-12(7-14)10-23-11-22-18(17(23)9-21)15-6-5-13(19)8-16(15)20/h2-8,11H,9-10,21H2,1H3. The van der Waals surface area contributed by atoms with Crippen LogP contribution < -0.4 is 10.5 Å². The Morgan fingerprint density at radius 3 is 2.71 bits per heavy atom. The fraction of sp³-hybridized carbons (Fsp3) is 0.167. The molecule has 0 aliphatic carbocycles. The van der Waals surface area contributed by atoms with Crippen LogP contribution >= 0.6 is 23.2 Å². The number of nitrogens with two attached hydrogens (primary N) is 1. The van der Waals surface area contributed by atoms with E-state index in [2.05, 4.69) is 4.98 Å². The second kappa shape index (κ2) is 7.26. The molecule has 0 saturated heterocycles. The van der Waals surface area contributed by atoms with Crippen molar-refractivity contribution in [3.8, 4) is 17.0 Å². The third-order valence-corrected chi connectivity index (χ3v) is 4.36. The summed E-state index contributed by atoms with van der Waals surface area (Å²) in [5.74, 6) is 0.822. The van der Waals surface area contributed by atoms with E-state index in [0.717, 1.165) is 28.3 Å². The normalized spacial score (nSPS) is 10.8. The van der Waals surface area contributed by atoms with E-state index >= 15 is 0 Å². The van der Waals surface area contributed by atoms with Gasteiger partial charge in [-0.25, -0.2) is 4.98 Å². The molecular weight excluding hydrogens is 345 g/mol. The second-order valence-electron chi connectivity index (χ2n) is 5.35.